The van der Waals surface area contributed by atoms with Gasteiger partial charge in [-0.3, -0.25) is 18.7 Å². The van der Waals surface area contributed by atoms with Crippen LogP contribution in [0.3, 0.4) is 0 Å². The molecule has 1 aromatic carbocycles. The first-order valence-electron chi connectivity index (χ1n) is 9.71. The number of hydrogen-bond acceptors (Lipinski definition) is 4. The standard InChI is InChI=1S/C22H26N4O3/c1-6-14-7-9-15(10-8-14)18(13(2)3)24-20(27)17-12-11-16-19(23-17)25(4)22(29)26(5)21(16)28/h7-13,18H,6H2,1-5H3,(H,24,27). The average Bonchev–Trinajstić information content (AvgIpc) is 2.73. The van der Waals surface area contributed by atoms with E-state index in [1.54, 1.807) is 6.07 Å². The van der Waals surface area contributed by atoms with Crippen molar-refractivity contribution in [2.45, 2.75) is 33.2 Å². The summed E-state index contributed by atoms with van der Waals surface area (Å²) in [7, 11) is 2.95. The molecule has 0 saturated heterocycles. The lowest BCUT2D eigenvalue weighted by atomic mass is 9.94. The third-order valence-electron chi connectivity index (χ3n) is 5.23. The summed E-state index contributed by atoms with van der Waals surface area (Å²) in [6.07, 6.45) is 0.957. The van der Waals surface area contributed by atoms with Gasteiger partial charge < -0.3 is 5.32 Å². The molecule has 3 rings (SSSR count). The van der Waals surface area contributed by atoms with Crippen molar-refractivity contribution in [2.75, 3.05) is 0 Å². The number of amides is 1. The molecule has 1 N–H and O–H groups in total. The number of nitrogens with zero attached hydrogens (tertiary/aromatic N) is 3. The van der Waals surface area contributed by atoms with Gasteiger partial charge in [0.25, 0.3) is 11.5 Å². The molecule has 152 valence electrons. The SMILES string of the molecule is CCc1ccc(C(NC(=O)c2ccc3c(=O)n(C)c(=O)n(C)c3n2)C(C)C)cc1. The molecule has 29 heavy (non-hydrogen) atoms. The Hall–Kier alpha value is -3.22. The predicted octanol–water partition coefficient (Wildman–Crippen LogP) is 2.32. The van der Waals surface area contributed by atoms with Crippen molar-refractivity contribution in [1.29, 1.82) is 0 Å². The van der Waals surface area contributed by atoms with Gasteiger partial charge in [-0.15, -0.1) is 0 Å². The Bertz CT molecular complexity index is 1170. The maximum absolute atomic E-state index is 12.9. The Morgan fingerprint density at radius 1 is 1.03 bits per heavy atom. The van der Waals surface area contributed by atoms with Gasteiger partial charge in [0, 0.05) is 14.1 Å². The second-order valence-electron chi connectivity index (χ2n) is 7.56. The summed E-state index contributed by atoms with van der Waals surface area (Å²) in [6, 6.07) is 11.1. The molecule has 0 aliphatic heterocycles. The molecule has 2 aromatic heterocycles. The molecule has 7 heteroatoms. The highest BCUT2D eigenvalue weighted by Gasteiger charge is 2.21. The van der Waals surface area contributed by atoms with E-state index in [2.05, 4.69) is 29.4 Å². The number of aryl methyl sites for hydroxylation is 2. The van der Waals surface area contributed by atoms with E-state index in [0.717, 1.165) is 16.6 Å². The maximum Gasteiger partial charge on any atom is 0.332 e. The normalized spacial score (nSPS) is 12.3. The van der Waals surface area contributed by atoms with Crippen LogP contribution in [0.2, 0.25) is 0 Å². The van der Waals surface area contributed by atoms with Crippen molar-refractivity contribution < 1.29 is 4.79 Å². The van der Waals surface area contributed by atoms with Gasteiger partial charge in [-0.25, -0.2) is 9.78 Å². The van der Waals surface area contributed by atoms with Crippen LogP contribution in [-0.2, 0) is 20.5 Å². The van der Waals surface area contributed by atoms with E-state index in [4.69, 9.17) is 0 Å². The number of benzene rings is 1. The number of aromatic nitrogens is 3. The molecule has 0 saturated carbocycles. The van der Waals surface area contributed by atoms with E-state index in [-0.39, 0.29) is 29.2 Å². The summed E-state index contributed by atoms with van der Waals surface area (Å²) in [5, 5.41) is 3.33. The lowest BCUT2D eigenvalue weighted by Gasteiger charge is -2.23. The quantitative estimate of drug-likeness (QED) is 0.720. The number of pyridine rings is 1. The highest BCUT2D eigenvalue weighted by atomic mass is 16.2. The summed E-state index contributed by atoms with van der Waals surface area (Å²) in [5.41, 5.74) is 1.70. The van der Waals surface area contributed by atoms with Crippen LogP contribution in [0.25, 0.3) is 11.0 Å². The van der Waals surface area contributed by atoms with Crippen molar-refractivity contribution >= 4 is 16.9 Å². The molecule has 0 aliphatic rings. The zero-order chi connectivity index (χ0) is 21.3. The van der Waals surface area contributed by atoms with E-state index in [1.165, 1.54) is 30.3 Å². The van der Waals surface area contributed by atoms with Crippen LogP contribution in [-0.4, -0.2) is 20.0 Å². The minimum absolute atomic E-state index is 0.164. The second-order valence-corrected chi connectivity index (χ2v) is 7.56. The van der Waals surface area contributed by atoms with Crippen LogP contribution in [0.1, 0.15) is 48.4 Å². The third-order valence-corrected chi connectivity index (χ3v) is 5.23. The van der Waals surface area contributed by atoms with Crippen molar-refractivity contribution in [3.63, 3.8) is 0 Å². The summed E-state index contributed by atoms with van der Waals surface area (Å²) < 4.78 is 2.30. The van der Waals surface area contributed by atoms with Gasteiger partial charge in [0.05, 0.1) is 11.4 Å². The number of hydrogen-bond donors (Lipinski definition) is 1. The zero-order valence-electron chi connectivity index (χ0n) is 17.4. The summed E-state index contributed by atoms with van der Waals surface area (Å²) in [4.78, 5) is 41.7. The first kappa shape index (κ1) is 20.5. The molecule has 1 unspecified atom stereocenters. The molecule has 0 radical (unpaired) electrons. The molecule has 2 heterocycles. The average molecular weight is 394 g/mol. The van der Waals surface area contributed by atoms with E-state index < -0.39 is 11.2 Å². The van der Waals surface area contributed by atoms with Crippen LogP contribution >= 0.6 is 0 Å². The third kappa shape index (κ3) is 3.85. The molecular weight excluding hydrogens is 368 g/mol. The first-order chi connectivity index (χ1) is 13.7. The van der Waals surface area contributed by atoms with Gasteiger partial charge in [0.2, 0.25) is 0 Å². The van der Waals surface area contributed by atoms with Gasteiger partial charge in [-0.05, 0) is 35.6 Å². The minimum Gasteiger partial charge on any atom is -0.344 e. The molecule has 7 nitrogen and oxygen atoms in total. The topological polar surface area (TPSA) is 86.0 Å². The molecule has 0 spiro atoms. The summed E-state index contributed by atoms with van der Waals surface area (Å²) >= 11 is 0. The van der Waals surface area contributed by atoms with E-state index in [9.17, 15) is 14.4 Å². The maximum atomic E-state index is 12.9. The largest absolute Gasteiger partial charge is 0.344 e. The minimum atomic E-state index is -0.483. The number of rotatable bonds is 5. The molecule has 0 fully saturated rings. The Morgan fingerprint density at radius 3 is 2.28 bits per heavy atom. The zero-order valence-corrected chi connectivity index (χ0v) is 17.4. The van der Waals surface area contributed by atoms with Gasteiger partial charge in [-0.1, -0.05) is 45.0 Å². The fraction of sp³-hybridized carbons (Fsp3) is 0.364. The number of carbonyl (C=O) groups is 1. The lowest BCUT2D eigenvalue weighted by Crippen LogP contribution is -2.38. The Labute approximate surface area is 169 Å². The van der Waals surface area contributed by atoms with E-state index in [1.807, 2.05) is 26.0 Å². The molecule has 0 aliphatic carbocycles. The van der Waals surface area contributed by atoms with Gasteiger partial charge in [0.1, 0.15) is 11.3 Å². The van der Waals surface area contributed by atoms with Crippen LogP contribution in [0.4, 0.5) is 0 Å². The van der Waals surface area contributed by atoms with Crippen LogP contribution < -0.4 is 16.6 Å². The smallest absolute Gasteiger partial charge is 0.332 e. The van der Waals surface area contributed by atoms with Gasteiger partial charge >= 0.3 is 5.69 Å². The number of fused-ring (bicyclic) bond motifs is 1. The molecule has 3 aromatic rings. The number of carbonyl (C=O) groups excluding carboxylic acids is 1. The number of nitrogens with one attached hydrogen (secondary N) is 1. The molecule has 1 atom stereocenters. The van der Waals surface area contributed by atoms with E-state index >= 15 is 0 Å². The summed E-state index contributed by atoms with van der Waals surface area (Å²) in [6.45, 7) is 6.18. The fourth-order valence-corrected chi connectivity index (χ4v) is 3.39. The second kappa shape index (κ2) is 8.03. The monoisotopic (exact) mass is 394 g/mol. The van der Waals surface area contributed by atoms with Gasteiger partial charge in [0.15, 0.2) is 0 Å². The van der Waals surface area contributed by atoms with Crippen molar-refractivity contribution in [3.05, 3.63) is 74.1 Å². The van der Waals surface area contributed by atoms with Crippen LogP contribution in [0.15, 0.2) is 46.0 Å². The van der Waals surface area contributed by atoms with Crippen molar-refractivity contribution in [3.8, 4) is 0 Å². The Kier molecular flexibility index (Phi) is 5.68. The highest BCUT2D eigenvalue weighted by Crippen LogP contribution is 2.23. The Morgan fingerprint density at radius 2 is 1.69 bits per heavy atom. The van der Waals surface area contributed by atoms with Crippen LogP contribution in [0, 0.1) is 5.92 Å². The molecule has 1 amide bonds. The van der Waals surface area contributed by atoms with E-state index in [0.29, 0.717) is 5.39 Å². The predicted molar refractivity (Wildman–Crippen MR) is 113 cm³/mol. The highest BCUT2D eigenvalue weighted by molar-refractivity contribution is 5.94. The van der Waals surface area contributed by atoms with Gasteiger partial charge in [-0.2, -0.15) is 0 Å². The summed E-state index contributed by atoms with van der Waals surface area (Å²) in [5.74, 6) is -0.179. The molecule has 0 bridgehead atoms. The van der Waals surface area contributed by atoms with Crippen molar-refractivity contribution in [2.24, 2.45) is 20.0 Å². The first-order valence-corrected chi connectivity index (χ1v) is 9.71. The van der Waals surface area contributed by atoms with Crippen molar-refractivity contribution in [1.82, 2.24) is 19.4 Å². The van der Waals surface area contributed by atoms with Crippen LogP contribution in [0.5, 0.6) is 0 Å². The Balaban J connectivity index is 1.97. The lowest BCUT2D eigenvalue weighted by molar-refractivity contribution is 0.0921. The fourth-order valence-electron chi connectivity index (χ4n) is 3.39. The molecular formula is C22H26N4O3.